The van der Waals surface area contributed by atoms with Crippen LogP contribution >= 0.6 is 0 Å². The summed E-state index contributed by atoms with van der Waals surface area (Å²) in [5.41, 5.74) is 0. The lowest BCUT2D eigenvalue weighted by Gasteiger charge is -2.16. The van der Waals surface area contributed by atoms with Crippen molar-refractivity contribution in [3.63, 3.8) is 0 Å². The van der Waals surface area contributed by atoms with Gasteiger partial charge < -0.3 is 4.74 Å². The normalized spacial score (nSPS) is 33.9. The van der Waals surface area contributed by atoms with Crippen LogP contribution in [0.3, 0.4) is 0 Å². The summed E-state index contributed by atoms with van der Waals surface area (Å²) in [5, 5.41) is 0. The molecule has 2 aliphatic carbocycles. The number of Topliss-reactive ketones (excluding diaryl/α,β-unsaturated/α-hetero) is 1. The highest BCUT2D eigenvalue weighted by molar-refractivity contribution is 5.82. The molecule has 0 heterocycles. The summed E-state index contributed by atoms with van der Waals surface area (Å²) < 4.78 is 5.20. The van der Waals surface area contributed by atoms with Crippen LogP contribution in [0.4, 0.5) is 0 Å². The maximum Gasteiger partial charge on any atom is 0.138 e. The summed E-state index contributed by atoms with van der Waals surface area (Å²) in [6.07, 6.45) is 7.42. The van der Waals surface area contributed by atoms with E-state index in [4.69, 9.17) is 4.74 Å². The Hall–Kier alpha value is -0.630. The Balaban J connectivity index is 1.79. The van der Waals surface area contributed by atoms with Gasteiger partial charge in [-0.05, 0) is 31.6 Å². The number of hydrogen-bond donors (Lipinski definition) is 0. The summed E-state index contributed by atoms with van der Waals surface area (Å²) in [6, 6.07) is 0. The maximum atomic E-state index is 11.8. The standard InChI is InChI=1S/C12H18O2/c1-2-14-6-5-12(13)11-8-9-3-4-10(11)7-9/h3-4,9-11H,2,5-8H2,1H3. The number of allylic oxidation sites excluding steroid dienone is 2. The third-order valence-electron chi connectivity index (χ3n) is 3.39. The Labute approximate surface area is 85.3 Å². The number of rotatable bonds is 5. The molecule has 0 aromatic heterocycles. The van der Waals surface area contributed by atoms with E-state index >= 15 is 0 Å². The van der Waals surface area contributed by atoms with Crippen molar-refractivity contribution in [3.8, 4) is 0 Å². The van der Waals surface area contributed by atoms with E-state index in [0.29, 0.717) is 43.2 Å². The Bertz CT molecular complexity index is 245. The first-order chi connectivity index (χ1) is 6.81. The SMILES string of the molecule is CCOCCC(=O)C1CC2C=CC1C2. The predicted molar refractivity (Wildman–Crippen MR) is 55.0 cm³/mol. The molecule has 2 bridgehead atoms. The van der Waals surface area contributed by atoms with Crippen LogP contribution in [0.1, 0.15) is 26.2 Å². The minimum Gasteiger partial charge on any atom is -0.381 e. The second-order valence-corrected chi connectivity index (χ2v) is 4.30. The lowest BCUT2D eigenvalue weighted by atomic mass is 9.88. The zero-order valence-electron chi connectivity index (χ0n) is 8.74. The Morgan fingerprint density at radius 1 is 1.43 bits per heavy atom. The molecule has 0 aromatic carbocycles. The van der Waals surface area contributed by atoms with E-state index in [-0.39, 0.29) is 0 Å². The number of hydrogen-bond acceptors (Lipinski definition) is 2. The molecule has 1 saturated carbocycles. The van der Waals surface area contributed by atoms with Crippen LogP contribution in [0.15, 0.2) is 12.2 Å². The molecular formula is C12H18O2. The molecule has 2 aliphatic rings. The molecular weight excluding hydrogens is 176 g/mol. The van der Waals surface area contributed by atoms with E-state index in [0.717, 1.165) is 6.42 Å². The van der Waals surface area contributed by atoms with Gasteiger partial charge in [-0.25, -0.2) is 0 Å². The van der Waals surface area contributed by atoms with Crippen molar-refractivity contribution in [1.29, 1.82) is 0 Å². The quantitative estimate of drug-likeness (QED) is 0.495. The van der Waals surface area contributed by atoms with Crippen LogP contribution in [0.25, 0.3) is 0 Å². The molecule has 2 heteroatoms. The largest absolute Gasteiger partial charge is 0.381 e. The Kier molecular flexibility index (Phi) is 3.02. The number of carbonyl (C=O) groups is 1. The molecule has 0 saturated heterocycles. The van der Waals surface area contributed by atoms with Crippen LogP contribution in [0, 0.1) is 17.8 Å². The summed E-state index contributed by atoms with van der Waals surface area (Å²) in [7, 11) is 0. The molecule has 0 aromatic rings. The maximum absolute atomic E-state index is 11.8. The Morgan fingerprint density at radius 3 is 2.86 bits per heavy atom. The van der Waals surface area contributed by atoms with Crippen molar-refractivity contribution in [3.05, 3.63) is 12.2 Å². The third kappa shape index (κ3) is 1.90. The van der Waals surface area contributed by atoms with E-state index < -0.39 is 0 Å². The molecule has 0 N–H and O–H groups in total. The number of ketones is 1. The summed E-state index contributed by atoms with van der Waals surface area (Å²) in [5.74, 6) is 1.97. The van der Waals surface area contributed by atoms with E-state index in [9.17, 15) is 4.79 Å². The molecule has 0 aliphatic heterocycles. The van der Waals surface area contributed by atoms with Crippen molar-refractivity contribution in [2.75, 3.05) is 13.2 Å². The number of fused-ring (bicyclic) bond motifs is 2. The van der Waals surface area contributed by atoms with Gasteiger partial charge in [0.15, 0.2) is 0 Å². The molecule has 0 amide bonds. The minimum absolute atomic E-state index is 0.311. The van der Waals surface area contributed by atoms with Crippen molar-refractivity contribution in [2.45, 2.75) is 26.2 Å². The summed E-state index contributed by atoms with van der Waals surface area (Å²) >= 11 is 0. The molecule has 0 spiro atoms. The van der Waals surface area contributed by atoms with Gasteiger partial charge in [0.2, 0.25) is 0 Å². The van der Waals surface area contributed by atoms with E-state index in [1.165, 1.54) is 6.42 Å². The fourth-order valence-electron chi connectivity index (χ4n) is 2.65. The fourth-order valence-corrected chi connectivity index (χ4v) is 2.65. The Morgan fingerprint density at radius 2 is 2.29 bits per heavy atom. The van der Waals surface area contributed by atoms with Gasteiger partial charge in [0.05, 0.1) is 6.61 Å². The van der Waals surface area contributed by atoms with Crippen molar-refractivity contribution in [1.82, 2.24) is 0 Å². The molecule has 78 valence electrons. The highest BCUT2D eigenvalue weighted by Gasteiger charge is 2.38. The zero-order valence-corrected chi connectivity index (χ0v) is 8.74. The topological polar surface area (TPSA) is 26.3 Å². The summed E-state index contributed by atoms with van der Waals surface area (Å²) in [6.45, 7) is 3.28. The molecule has 1 fully saturated rings. The van der Waals surface area contributed by atoms with Crippen molar-refractivity contribution in [2.24, 2.45) is 17.8 Å². The average molecular weight is 194 g/mol. The van der Waals surface area contributed by atoms with Gasteiger partial charge in [0, 0.05) is 18.9 Å². The highest BCUT2D eigenvalue weighted by atomic mass is 16.5. The van der Waals surface area contributed by atoms with Gasteiger partial charge in [-0.1, -0.05) is 12.2 Å². The fraction of sp³-hybridized carbons (Fsp3) is 0.750. The first-order valence-corrected chi connectivity index (χ1v) is 5.60. The minimum atomic E-state index is 0.311. The van der Waals surface area contributed by atoms with Crippen LogP contribution in [0.5, 0.6) is 0 Å². The lowest BCUT2D eigenvalue weighted by molar-refractivity contribution is -0.124. The average Bonchev–Trinajstić information content (AvgIpc) is 2.79. The lowest BCUT2D eigenvalue weighted by Crippen LogP contribution is -2.20. The molecule has 3 atom stereocenters. The summed E-state index contributed by atoms with van der Waals surface area (Å²) in [4.78, 5) is 11.8. The second-order valence-electron chi connectivity index (χ2n) is 4.30. The molecule has 0 radical (unpaired) electrons. The van der Waals surface area contributed by atoms with E-state index in [1.54, 1.807) is 0 Å². The van der Waals surface area contributed by atoms with E-state index in [2.05, 4.69) is 12.2 Å². The number of carbonyl (C=O) groups excluding carboxylic acids is 1. The van der Waals surface area contributed by atoms with Crippen molar-refractivity contribution >= 4 is 5.78 Å². The van der Waals surface area contributed by atoms with Gasteiger partial charge in [0.1, 0.15) is 5.78 Å². The van der Waals surface area contributed by atoms with Crippen LogP contribution in [-0.2, 0) is 9.53 Å². The monoisotopic (exact) mass is 194 g/mol. The second kappa shape index (κ2) is 4.26. The van der Waals surface area contributed by atoms with Gasteiger partial charge in [-0.15, -0.1) is 0 Å². The van der Waals surface area contributed by atoms with Gasteiger partial charge >= 0.3 is 0 Å². The van der Waals surface area contributed by atoms with E-state index in [1.807, 2.05) is 6.92 Å². The van der Waals surface area contributed by atoms with Crippen molar-refractivity contribution < 1.29 is 9.53 Å². The molecule has 14 heavy (non-hydrogen) atoms. The van der Waals surface area contributed by atoms with Gasteiger partial charge in [0.25, 0.3) is 0 Å². The molecule has 2 nitrogen and oxygen atoms in total. The molecule has 3 unspecified atom stereocenters. The van der Waals surface area contributed by atoms with Crippen LogP contribution < -0.4 is 0 Å². The van der Waals surface area contributed by atoms with Gasteiger partial charge in [-0.2, -0.15) is 0 Å². The first-order valence-electron chi connectivity index (χ1n) is 5.60. The highest BCUT2D eigenvalue weighted by Crippen LogP contribution is 2.44. The van der Waals surface area contributed by atoms with Crippen LogP contribution in [0.2, 0.25) is 0 Å². The predicted octanol–water partition coefficient (Wildman–Crippen LogP) is 2.19. The number of ether oxygens (including phenoxy) is 1. The van der Waals surface area contributed by atoms with Crippen LogP contribution in [-0.4, -0.2) is 19.0 Å². The molecule has 2 rings (SSSR count). The zero-order chi connectivity index (χ0) is 9.97. The van der Waals surface area contributed by atoms with Gasteiger partial charge in [-0.3, -0.25) is 4.79 Å². The first kappa shape index (κ1) is 9.91. The third-order valence-corrected chi connectivity index (χ3v) is 3.39. The smallest absolute Gasteiger partial charge is 0.138 e.